The molecule has 0 spiro atoms. The van der Waals surface area contributed by atoms with Crippen molar-refractivity contribution < 1.29 is 0 Å². The van der Waals surface area contributed by atoms with Gasteiger partial charge in [0.15, 0.2) is 0 Å². The van der Waals surface area contributed by atoms with Crippen molar-refractivity contribution in [1.82, 2.24) is 9.36 Å². The summed E-state index contributed by atoms with van der Waals surface area (Å²) in [4.78, 5) is 12.8. The molecule has 23 heavy (non-hydrogen) atoms. The van der Waals surface area contributed by atoms with E-state index in [0.717, 1.165) is 11.4 Å². The largest absolute Gasteiger partial charge is 0.375 e. The van der Waals surface area contributed by atoms with Crippen LogP contribution in [0, 0.1) is 13.8 Å². The van der Waals surface area contributed by atoms with E-state index < -0.39 is 0 Å². The van der Waals surface area contributed by atoms with Gasteiger partial charge in [-0.2, -0.15) is 0 Å². The molecule has 4 nitrogen and oxygen atoms in total. The Balaban J connectivity index is 1.93. The molecule has 0 amide bonds. The van der Waals surface area contributed by atoms with Gasteiger partial charge in [0.1, 0.15) is 5.69 Å². The maximum Gasteiger partial charge on any atom is 0.295 e. The summed E-state index contributed by atoms with van der Waals surface area (Å²) in [6.07, 6.45) is 0. The summed E-state index contributed by atoms with van der Waals surface area (Å²) in [5.74, 6) is 0. The Morgan fingerprint density at radius 2 is 1.74 bits per heavy atom. The van der Waals surface area contributed by atoms with Crippen LogP contribution in [0.25, 0.3) is 5.69 Å². The van der Waals surface area contributed by atoms with Gasteiger partial charge in [0.25, 0.3) is 5.56 Å². The number of aromatic nitrogens is 2. The van der Waals surface area contributed by atoms with Gasteiger partial charge in [0, 0.05) is 13.6 Å². The number of nitrogens with zero attached hydrogens (tertiary/aromatic N) is 2. The van der Waals surface area contributed by atoms with Crippen molar-refractivity contribution in [2.45, 2.75) is 20.4 Å². The van der Waals surface area contributed by atoms with E-state index in [1.807, 2.05) is 55.1 Å². The number of hydrogen-bond donors (Lipinski definition) is 1. The van der Waals surface area contributed by atoms with Gasteiger partial charge in [-0.15, -0.1) is 0 Å². The van der Waals surface area contributed by atoms with Crippen molar-refractivity contribution in [2.75, 3.05) is 5.32 Å². The lowest BCUT2D eigenvalue weighted by Crippen LogP contribution is -2.21. The fourth-order valence-corrected chi connectivity index (χ4v) is 2.78. The van der Waals surface area contributed by atoms with Crippen molar-refractivity contribution >= 4 is 5.69 Å². The lowest BCUT2D eigenvalue weighted by atomic mass is 10.1. The van der Waals surface area contributed by atoms with Crippen molar-refractivity contribution in [3.63, 3.8) is 0 Å². The molecule has 4 heteroatoms. The average molecular weight is 307 g/mol. The van der Waals surface area contributed by atoms with Gasteiger partial charge >= 0.3 is 0 Å². The van der Waals surface area contributed by atoms with Crippen LogP contribution < -0.4 is 10.9 Å². The third kappa shape index (κ3) is 2.93. The van der Waals surface area contributed by atoms with E-state index in [2.05, 4.69) is 30.4 Å². The average Bonchev–Trinajstić information content (AvgIpc) is 2.76. The van der Waals surface area contributed by atoms with Gasteiger partial charge in [-0.1, -0.05) is 48.0 Å². The number of benzene rings is 2. The molecule has 0 aliphatic rings. The zero-order valence-corrected chi connectivity index (χ0v) is 13.7. The first-order valence-corrected chi connectivity index (χ1v) is 7.71. The highest BCUT2D eigenvalue weighted by Crippen LogP contribution is 2.15. The summed E-state index contributed by atoms with van der Waals surface area (Å²) < 4.78 is 3.57. The molecule has 1 N–H and O–H groups in total. The molecule has 0 unspecified atom stereocenters. The van der Waals surface area contributed by atoms with Crippen LogP contribution in [0.3, 0.4) is 0 Å². The molecule has 0 aliphatic heterocycles. The second kappa shape index (κ2) is 6.16. The van der Waals surface area contributed by atoms with Crippen LogP contribution in [0.4, 0.5) is 5.69 Å². The third-order valence-corrected chi connectivity index (χ3v) is 4.11. The Labute approximate surface area is 136 Å². The number of aryl methyl sites for hydroxylation is 1. The standard InChI is InChI=1S/C19H21N3O/c1-14-8-7-9-16(12-14)13-20-18-15(2)21(3)22(19(18)23)17-10-5-4-6-11-17/h4-12,20H,13H2,1-3H3. The topological polar surface area (TPSA) is 39.0 Å². The Morgan fingerprint density at radius 1 is 1.00 bits per heavy atom. The van der Waals surface area contributed by atoms with Crippen LogP contribution in [-0.2, 0) is 13.6 Å². The normalized spacial score (nSPS) is 10.7. The minimum Gasteiger partial charge on any atom is -0.375 e. The first kappa shape index (κ1) is 15.2. The van der Waals surface area contributed by atoms with Crippen molar-refractivity contribution in [3.8, 4) is 5.69 Å². The maximum absolute atomic E-state index is 12.8. The number of rotatable bonds is 4. The van der Waals surface area contributed by atoms with Gasteiger partial charge in [-0.3, -0.25) is 9.48 Å². The molecule has 0 saturated heterocycles. The van der Waals surface area contributed by atoms with Gasteiger partial charge in [0.2, 0.25) is 0 Å². The van der Waals surface area contributed by atoms with Crippen molar-refractivity contribution in [2.24, 2.45) is 7.05 Å². The summed E-state index contributed by atoms with van der Waals surface area (Å²) >= 11 is 0. The minimum absolute atomic E-state index is 0.0242. The number of anilines is 1. The lowest BCUT2D eigenvalue weighted by Gasteiger charge is -2.07. The molecule has 0 aliphatic carbocycles. The second-order valence-corrected chi connectivity index (χ2v) is 5.78. The van der Waals surface area contributed by atoms with Crippen LogP contribution in [0.2, 0.25) is 0 Å². The fraction of sp³-hybridized carbons (Fsp3) is 0.211. The van der Waals surface area contributed by atoms with Gasteiger partial charge < -0.3 is 5.32 Å². The Hall–Kier alpha value is -2.75. The molecule has 2 aromatic carbocycles. The molecule has 3 aromatic rings. The smallest absolute Gasteiger partial charge is 0.295 e. The van der Waals surface area contributed by atoms with Gasteiger partial charge in [0.05, 0.1) is 11.4 Å². The molecule has 1 aromatic heterocycles. The van der Waals surface area contributed by atoms with Gasteiger partial charge in [-0.05, 0) is 31.5 Å². The van der Waals surface area contributed by atoms with Crippen LogP contribution in [0.5, 0.6) is 0 Å². The summed E-state index contributed by atoms with van der Waals surface area (Å²) in [7, 11) is 1.90. The zero-order valence-electron chi connectivity index (χ0n) is 13.7. The molecule has 0 bridgehead atoms. The fourth-order valence-electron chi connectivity index (χ4n) is 2.78. The molecule has 0 saturated carbocycles. The first-order chi connectivity index (χ1) is 11.1. The van der Waals surface area contributed by atoms with E-state index in [-0.39, 0.29) is 5.56 Å². The molecular formula is C19H21N3O. The first-order valence-electron chi connectivity index (χ1n) is 7.71. The minimum atomic E-state index is -0.0242. The second-order valence-electron chi connectivity index (χ2n) is 5.78. The summed E-state index contributed by atoms with van der Waals surface area (Å²) in [5.41, 5.74) is 4.80. The van der Waals surface area contributed by atoms with Crippen LogP contribution in [0.1, 0.15) is 16.8 Å². The molecule has 118 valence electrons. The number of para-hydroxylation sites is 1. The van der Waals surface area contributed by atoms with E-state index in [4.69, 9.17) is 0 Å². The molecule has 3 rings (SSSR count). The van der Waals surface area contributed by atoms with Crippen LogP contribution in [-0.4, -0.2) is 9.36 Å². The molecule has 0 atom stereocenters. The zero-order chi connectivity index (χ0) is 16.4. The van der Waals surface area contributed by atoms with Crippen molar-refractivity contribution in [1.29, 1.82) is 0 Å². The van der Waals surface area contributed by atoms with Gasteiger partial charge in [-0.25, -0.2) is 4.68 Å². The van der Waals surface area contributed by atoms with E-state index in [0.29, 0.717) is 12.2 Å². The molecule has 1 heterocycles. The predicted octanol–water partition coefficient (Wildman–Crippen LogP) is 3.40. The summed E-state index contributed by atoms with van der Waals surface area (Å²) in [6, 6.07) is 18.0. The van der Waals surface area contributed by atoms with Crippen LogP contribution in [0.15, 0.2) is 59.4 Å². The Kier molecular flexibility index (Phi) is 4.06. The molecule has 0 fully saturated rings. The number of hydrogen-bond acceptors (Lipinski definition) is 2. The SMILES string of the molecule is Cc1cccc(CNc2c(C)n(C)n(-c3ccccc3)c2=O)c1. The monoisotopic (exact) mass is 307 g/mol. The van der Waals surface area contributed by atoms with E-state index in [1.165, 1.54) is 11.1 Å². The molecular weight excluding hydrogens is 286 g/mol. The highest BCUT2D eigenvalue weighted by molar-refractivity contribution is 5.49. The Bertz CT molecular complexity index is 875. The quantitative estimate of drug-likeness (QED) is 0.802. The lowest BCUT2D eigenvalue weighted by molar-refractivity contribution is 0.630. The molecule has 0 radical (unpaired) electrons. The van der Waals surface area contributed by atoms with E-state index >= 15 is 0 Å². The summed E-state index contributed by atoms with van der Waals surface area (Å²) in [5, 5.41) is 3.30. The van der Waals surface area contributed by atoms with Crippen molar-refractivity contribution in [3.05, 3.63) is 81.8 Å². The van der Waals surface area contributed by atoms with E-state index in [9.17, 15) is 4.79 Å². The highest BCUT2D eigenvalue weighted by atomic mass is 16.1. The maximum atomic E-state index is 12.8. The summed E-state index contributed by atoms with van der Waals surface area (Å²) in [6.45, 7) is 4.66. The van der Waals surface area contributed by atoms with E-state index in [1.54, 1.807) is 4.68 Å². The highest BCUT2D eigenvalue weighted by Gasteiger charge is 2.15. The number of nitrogens with one attached hydrogen (secondary N) is 1. The third-order valence-electron chi connectivity index (χ3n) is 4.11. The Morgan fingerprint density at radius 3 is 2.43 bits per heavy atom. The predicted molar refractivity (Wildman–Crippen MR) is 94.3 cm³/mol. The van der Waals surface area contributed by atoms with Crippen LogP contribution >= 0.6 is 0 Å².